The van der Waals surface area contributed by atoms with Crippen molar-refractivity contribution in [3.63, 3.8) is 0 Å². The highest BCUT2D eigenvalue weighted by atomic mass is 35.5. The molecule has 1 saturated heterocycles. The van der Waals surface area contributed by atoms with Crippen molar-refractivity contribution < 1.29 is 17.8 Å². The Morgan fingerprint density at radius 2 is 1.82 bits per heavy atom. The van der Waals surface area contributed by atoms with Gasteiger partial charge >= 0.3 is 6.03 Å². The average molecular weight is 553 g/mol. The number of rotatable bonds is 7. The molecule has 0 aliphatic carbocycles. The summed E-state index contributed by atoms with van der Waals surface area (Å²) in [6.07, 6.45) is 2.38. The van der Waals surface area contributed by atoms with Crippen molar-refractivity contribution in [2.24, 2.45) is 0 Å². The van der Waals surface area contributed by atoms with Gasteiger partial charge in [-0.2, -0.15) is 8.42 Å². The fraction of sp³-hybridized carbons (Fsp3) is 0.524. The van der Waals surface area contributed by atoms with Crippen LogP contribution in [0.4, 0.5) is 10.5 Å². The fourth-order valence-electron chi connectivity index (χ4n) is 3.56. The topological polar surface area (TPSA) is 124 Å². The molecule has 34 heavy (non-hydrogen) atoms. The summed E-state index contributed by atoms with van der Waals surface area (Å²) >= 11 is 11.7. The number of aryl methyl sites for hydroxylation is 2. The molecule has 2 aromatic heterocycles. The highest BCUT2D eigenvalue weighted by molar-refractivity contribution is 7.86. The van der Waals surface area contributed by atoms with E-state index in [-0.39, 0.29) is 19.6 Å². The van der Waals surface area contributed by atoms with Crippen LogP contribution in [0.1, 0.15) is 31.2 Å². The van der Waals surface area contributed by atoms with Crippen LogP contribution in [0.2, 0.25) is 8.67 Å². The van der Waals surface area contributed by atoms with Crippen molar-refractivity contribution in [3.8, 4) is 0 Å². The van der Waals surface area contributed by atoms with E-state index in [1.165, 1.54) is 12.8 Å². The third kappa shape index (κ3) is 10.0. The van der Waals surface area contributed by atoms with E-state index >= 15 is 0 Å². The van der Waals surface area contributed by atoms with Crippen LogP contribution in [0.15, 0.2) is 23.1 Å². The second kappa shape index (κ2) is 13.6. The SMILES string of the molecule is CCNC1CCN(CCNC(=O)Nc2cc(C)nc(C)c2)CC1.O=S(=O)(O)c1cc(Cl)sc1Cl. The molecule has 1 fully saturated rings. The Morgan fingerprint density at radius 1 is 1.21 bits per heavy atom. The minimum atomic E-state index is -4.22. The van der Waals surface area contributed by atoms with Crippen molar-refractivity contribution in [2.45, 2.75) is 44.6 Å². The van der Waals surface area contributed by atoms with Gasteiger partial charge in [0.15, 0.2) is 0 Å². The molecule has 9 nitrogen and oxygen atoms in total. The number of piperidine rings is 1. The van der Waals surface area contributed by atoms with E-state index in [0.29, 0.717) is 12.6 Å². The Hall–Kier alpha value is -1.47. The molecular weight excluding hydrogens is 521 g/mol. The molecule has 0 aromatic carbocycles. The van der Waals surface area contributed by atoms with E-state index in [1.54, 1.807) is 0 Å². The summed E-state index contributed by atoms with van der Waals surface area (Å²) in [7, 11) is -4.22. The monoisotopic (exact) mass is 551 g/mol. The molecule has 0 spiro atoms. The van der Waals surface area contributed by atoms with Crippen LogP contribution in [0.25, 0.3) is 0 Å². The largest absolute Gasteiger partial charge is 0.337 e. The first-order valence-electron chi connectivity index (χ1n) is 10.9. The number of carbonyl (C=O) groups is 1. The molecule has 0 atom stereocenters. The predicted molar refractivity (Wildman–Crippen MR) is 138 cm³/mol. The van der Waals surface area contributed by atoms with Gasteiger partial charge in [-0.25, -0.2) is 4.79 Å². The van der Waals surface area contributed by atoms with Crippen LogP contribution in [0.3, 0.4) is 0 Å². The van der Waals surface area contributed by atoms with Crippen molar-refractivity contribution in [3.05, 3.63) is 38.3 Å². The average Bonchev–Trinajstić information content (AvgIpc) is 3.08. The summed E-state index contributed by atoms with van der Waals surface area (Å²) in [5, 5.41) is 9.30. The predicted octanol–water partition coefficient (Wildman–Crippen LogP) is 4.20. The summed E-state index contributed by atoms with van der Waals surface area (Å²) in [5.41, 5.74) is 2.60. The van der Waals surface area contributed by atoms with Crippen molar-refractivity contribution >= 4 is 56.4 Å². The van der Waals surface area contributed by atoms with Crippen LogP contribution in [0, 0.1) is 13.8 Å². The molecule has 0 saturated carbocycles. The molecule has 0 radical (unpaired) electrons. The zero-order valence-electron chi connectivity index (χ0n) is 19.4. The number of urea groups is 1. The number of likely N-dealkylation sites (tertiary alicyclic amines) is 1. The number of carbonyl (C=O) groups excluding carboxylic acids is 1. The molecule has 0 unspecified atom stereocenters. The normalized spacial score (nSPS) is 14.9. The zero-order valence-corrected chi connectivity index (χ0v) is 22.5. The van der Waals surface area contributed by atoms with Crippen LogP contribution in [0.5, 0.6) is 0 Å². The minimum absolute atomic E-state index is 0.0301. The summed E-state index contributed by atoms with van der Waals surface area (Å²) in [6.45, 7) is 10.8. The van der Waals surface area contributed by atoms with E-state index in [1.807, 2.05) is 26.0 Å². The molecule has 1 aliphatic rings. The van der Waals surface area contributed by atoms with Gasteiger partial charge in [0.1, 0.15) is 9.23 Å². The number of pyridine rings is 1. The van der Waals surface area contributed by atoms with E-state index in [4.69, 9.17) is 27.8 Å². The van der Waals surface area contributed by atoms with Crippen LogP contribution in [-0.2, 0) is 10.1 Å². The maximum absolute atomic E-state index is 11.9. The standard InChI is InChI=1S/C17H29N5O.C4H2Cl2O3S2/c1-4-18-15-5-8-22(9-6-15)10-7-19-17(23)21-16-11-13(2)20-14(3)12-16;5-3-1-2(4(6)10-3)11(7,8)9/h11-12,15,18H,4-10H2,1-3H3,(H2,19,20,21,23);1H,(H,7,8,9). The van der Waals surface area contributed by atoms with Gasteiger partial charge in [-0.05, 0) is 64.5 Å². The molecule has 3 heterocycles. The number of anilines is 1. The van der Waals surface area contributed by atoms with E-state index in [0.717, 1.165) is 60.7 Å². The highest BCUT2D eigenvalue weighted by Gasteiger charge is 2.18. The molecule has 2 amide bonds. The van der Waals surface area contributed by atoms with Gasteiger partial charge in [0.25, 0.3) is 10.1 Å². The van der Waals surface area contributed by atoms with Crippen molar-refractivity contribution in [1.82, 2.24) is 20.5 Å². The fourth-order valence-corrected chi connectivity index (χ4v) is 6.17. The smallest absolute Gasteiger partial charge is 0.319 e. The van der Waals surface area contributed by atoms with Gasteiger partial charge in [0.2, 0.25) is 0 Å². The Kier molecular flexibility index (Phi) is 11.5. The summed E-state index contributed by atoms with van der Waals surface area (Å²) in [5.74, 6) is 0. The molecule has 190 valence electrons. The van der Waals surface area contributed by atoms with E-state index in [2.05, 4.69) is 32.8 Å². The maximum Gasteiger partial charge on any atom is 0.319 e. The van der Waals surface area contributed by atoms with Crippen molar-refractivity contribution in [2.75, 3.05) is 38.0 Å². The highest BCUT2D eigenvalue weighted by Crippen LogP contribution is 2.33. The number of nitrogens with zero attached hydrogens (tertiary/aromatic N) is 2. The lowest BCUT2D eigenvalue weighted by molar-refractivity contribution is 0.199. The Bertz CT molecular complexity index is 1040. The van der Waals surface area contributed by atoms with Crippen LogP contribution in [-0.4, -0.2) is 67.7 Å². The second-order valence-corrected chi connectivity index (χ2v) is 11.5. The lowest BCUT2D eigenvalue weighted by Crippen LogP contribution is -2.45. The van der Waals surface area contributed by atoms with Gasteiger partial charge in [0, 0.05) is 36.2 Å². The first-order valence-corrected chi connectivity index (χ1v) is 13.9. The lowest BCUT2D eigenvalue weighted by Gasteiger charge is -2.32. The number of thiophene rings is 1. The first-order chi connectivity index (χ1) is 16.0. The molecule has 0 bridgehead atoms. The van der Waals surface area contributed by atoms with Gasteiger partial charge in [-0.3, -0.25) is 9.54 Å². The van der Waals surface area contributed by atoms with Gasteiger partial charge in [-0.15, -0.1) is 11.3 Å². The Balaban J connectivity index is 0.000000310. The minimum Gasteiger partial charge on any atom is -0.337 e. The number of hydrogen-bond acceptors (Lipinski definition) is 7. The second-order valence-electron chi connectivity index (χ2n) is 7.86. The zero-order chi connectivity index (χ0) is 25.3. The quantitative estimate of drug-likeness (QED) is 0.380. The lowest BCUT2D eigenvalue weighted by atomic mass is 10.1. The number of aromatic nitrogens is 1. The van der Waals surface area contributed by atoms with Crippen molar-refractivity contribution in [1.29, 1.82) is 0 Å². The van der Waals surface area contributed by atoms with Gasteiger partial charge < -0.3 is 20.9 Å². The number of nitrogens with one attached hydrogen (secondary N) is 3. The summed E-state index contributed by atoms with van der Waals surface area (Å²) < 4.78 is 29.7. The Labute approximate surface area is 215 Å². The van der Waals surface area contributed by atoms with E-state index < -0.39 is 10.1 Å². The molecule has 4 N–H and O–H groups in total. The van der Waals surface area contributed by atoms with Gasteiger partial charge in [-0.1, -0.05) is 30.1 Å². The summed E-state index contributed by atoms with van der Waals surface area (Å²) in [4.78, 5) is 18.3. The number of amides is 2. The number of halogens is 2. The number of hydrogen-bond donors (Lipinski definition) is 4. The molecule has 1 aliphatic heterocycles. The van der Waals surface area contributed by atoms with E-state index in [9.17, 15) is 13.2 Å². The maximum atomic E-state index is 11.9. The summed E-state index contributed by atoms with van der Waals surface area (Å²) in [6, 6.07) is 5.35. The van der Waals surface area contributed by atoms with Gasteiger partial charge in [0.05, 0.1) is 4.34 Å². The first kappa shape index (κ1) is 28.8. The molecule has 2 aromatic rings. The molecule has 3 rings (SSSR count). The third-order valence-corrected chi connectivity index (χ3v) is 7.64. The molecular formula is C21H31Cl2N5O4S2. The van der Waals surface area contributed by atoms with Crippen LogP contribution < -0.4 is 16.0 Å². The Morgan fingerprint density at radius 3 is 2.29 bits per heavy atom. The van der Waals surface area contributed by atoms with Crippen LogP contribution >= 0.6 is 34.5 Å². The molecule has 13 heteroatoms. The third-order valence-electron chi connectivity index (χ3n) is 5.04.